The topological polar surface area (TPSA) is 9.72 Å². The van der Waals surface area contributed by atoms with Gasteiger partial charge in [-0.3, -0.25) is 0 Å². The predicted molar refractivity (Wildman–Crippen MR) is 362 cm³/mol. The van der Waals surface area contributed by atoms with Crippen molar-refractivity contribution in [2.24, 2.45) is 11.3 Å². The fourth-order valence-electron chi connectivity index (χ4n) is 16.0. The van der Waals surface area contributed by atoms with Crippen molar-refractivity contribution >= 4 is 68.6 Å². The predicted octanol–water partition coefficient (Wildman–Crippen LogP) is 19.9. The third-order valence-corrected chi connectivity index (χ3v) is 21.8. The summed E-state index contributed by atoms with van der Waals surface area (Å²) in [4.78, 5) is 8.07. The minimum Gasteiger partial charge on any atom is -0.313 e. The summed E-state index contributed by atoms with van der Waals surface area (Å²) in [6, 6.07) is 51.9. The number of nitrogens with zero attached hydrogens (tertiary/aromatic N) is 3. The number of allylic oxidation sites excluding steroid dienone is 5. The molecule has 2 heterocycles. The summed E-state index contributed by atoms with van der Waals surface area (Å²) in [7, 11) is 0. The molecule has 1 unspecified atom stereocenters. The average molecular weight is 1100 g/mol. The third-order valence-electron chi connectivity index (χ3n) is 21.8. The molecule has 0 spiro atoms. The van der Waals surface area contributed by atoms with Gasteiger partial charge in [0.15, 0.2) is 0 Å². The van der Waals surface area contributed by atoms with Gasteiger partial charge >= 0.3 is 0 Å². The maximum Gasteiger partial charge on any atom is 0.252 e. The zero-order chi connectivity index (χ0) is 59.5. The minimum absolute atomic E-state index is 0.0161. The first-order valence-electron chi connectivity index (χ1n) is 31.8. The molecule has 428 valence electrons. The van der Waals surface area contributed by atoms with Crippen LogP contribution in [0, 0.1) is 11.3 Å². The SMILES string of the molecule is CC(C)(C)C1=CC2=C(N(c3ccc(C(C)(C)C)cc3)c3ccc4c(c3)N(c3ccc5c(c3)C(C)(C)c3ccccc3-5)c3cc(C(C)(C)C)cc5c3B4c3cc4c(cc3N5c3ccc5c(c3)C(C)(C)CCC5(C)C)C(C)(C)CCC4(C)C)C2C=C1. The molecular weight excluding hydrogens is 1010 g/mol. The first-order valence-corrected chi connectivity index (χ1v) is 31.8. The Kier molecular flexibility index (Phi) is 11.6. The molecule has 0 N–H and O–H groups in total. The van der Waals surface area contributed by atoms with E-state index in [0.29, 0.717) is 0 Å². The van der Waals surface area contributed by atoms with Crippen LogP contribution in [0.3, 0.4) is 0 Å². The fraction of sp³-hybridized carbons (Fsp3) is 0.400. The van der Waals surface area contributed by atoms with E-state index in [9.17, 15) is 0 Å². The molecule has 7 aliphatic rings. The Bertz CT molecular complexity index is 4070. The van der Waals surface area contributed by atoms with E-state index in [4.69, 9.17) is 0 Å². The van der Waals surface area contributed by atoms with Crippen molar-refractivity contribution < 1.29 is 0 Å². The van der Waals surface area contributed by atoms with E-state index < -0.39 is 0 Å². The van der Waals surface area contributed by atoms with Crippen LogP contribution in [0.1, 0.15) is 202 Å². The Balaban J connectivity index is 1.08. The molecule has 0 radical (unpaired) electrons. The zero-order valence-electron chi connectivity index (χ0n) is 54.2. The van der Waals surface area contributed by atoms with Gasteiger partial charge in [0.1, 0.15) is 0 Å². The highest BCUT2D eigenvalue weighted by molar-refractivity contribution is 7.00. The lowest BCUT2D eigenvalue weighted by Gasteiger charge is -2.48. The number of anilines is 8. The minimum atomic E-state index is -0.180. The lowest BCUT2D eigenvalue weighted by Crippen LogP contribution is -2.62. The molecule has 4 heteroatoms. The van der Waals surface area contributed by atoms with Gasteiger partial charge in [-0.25, -0.2) is 0 Å². The number of fused-ring (bicyclic) bond motifs is 10. The van der Waals surface area contributed by atoms with Crippen LogP contribution < -0.4 is 31.1 Å². The van der Waals surface area contributed by atoms with E-state index in [1.165, 1.54) is 147 Å². The van der Waals surface area contributed by atoms with Crippen molar-refractivity contribution in [3.8, 4) is 11.1 Å². The lowest BCUT2D eigenvalue weighted by molar-refractivity contribution is 0.332. The molecule has 84 heavy (non-hydrogen) atoms. The fourth-order valence-corrected chi connectivity index (χ4v) is 16.0. The van der Waals surface area contributed by atoms with E-state index in [1.54, 1.807) is 0 Å². The van der Waals surface area contributed by atoms with Crippen molar-refractivity contribution in [1.29, 1.82) is 0 Å². The highest BCUT2D eigenvalue weighted by atomic mass is 15.2. The third kappa shape index (κ3) is 8.24. The normalized spacial score (nSPS) is 20.4. The van der Waals surface area contributed by atoms with Gasteiger partial charge in [0.25, 0.3) is 6.71 Å². The summed E-state index contributed by atoms with van der Waals surface area (Å²) < 4.78 is 0. The van der Waals surface area contributed by atoms with Crippen LogP contribution in [-0.4, -0.2) is 6.71 Å². The molecule has 0 saturated heterocycles. The largest absolute Gasteiger partial charge is 0.313 e. The summed E-state index contributed by atoms with van der Waals surface area (Å²) in [5, 5.41) is 0. The second kappa shape index (κ2) is 17.7. The van der Waals surface area contributed by atoms with Crippen molar-refractivity contribution in [1.82, 2.24) is 0 Å². The summed E-state index contributed by atoms with van der Waals surface area (Å²) in [5.74, 6) is 0.263. The molecular formula is C80H90BN3. The lowest BCUT2D eigenvalue weighted by atomic mass is 9.33. The Labute approximate surface area is 505 Å². The molecule has 3 nitrogen and oxygen atoms in total. The van der Waals surface area contributed by atoms with E-state index in [-0.39, 0.29) is 56.0 Å². The molecule has 0 saturated carbocycles. The Morgan fingerprint density at radius 2 is 0.964 bits per heavy atom. The molecule has 7 aromatic carbocycles. The van der Waals surface area contributed by atoms with Gasteiger partial charge in [0.05, 0.1) is 0 Å². The van der Waals surface area contributed by atoms with Gasteiger partial charge in [0.2, 0.25) is 0 Å². The monoisotopic (exact) mass is 1100 g/mol. The number of rotatable bonds is 5. The summed E-state index contributed by atoms with van der Waals surface area (Å²) in [6.07, 6.45) is 12.0. The van der Waals surface area contributed by atoms with Crippen LogP contribution in [0.25, 0.3) is 11.1 Å². The standard InChI is InChI=1S/C80H90BN3/c1-73(2,3)48-24-27-51(28-25-48)82(72-57-32-26-49(40-58(57)72)74(4,5)6)54-31-35-65-67(45-54)83(52-29-33-56-55-22-20-21-23-59(55)80(18,19)61(56)43-52)69-41-50(75(7,8)9)42-70-71(69)81(65)66-46-63-64(79(16,17)39-38-78(63,14)15)47-68(66)84(70)53-30-34-60-62(44-53)77(12,13)37-36-76(60,10)11/h20-35,40-47,57H,36-39H2,1-19H3. The highest BCUT2D eigenvalue weighted by Gasteiger charge is 2.49. The quantitative estimate of drug-likeness (QED) is 0.159. The van der Waals surface area contributed by atoms with E-state index >= 15 is 0 Å². The van der Waals surface area contributed by atoms with Crippen LogP contribution in [-0.2, 0) is 37.9 Å². The molecule has 0 fully saturated rings. The summed E-state index contributed by atoms with van der Waals surface area (Å²) >= 11 is 0. The molecule has 0 amide bonds. The van der Waals surface area contributed by atoms with E-state index in [0.717, 1.165) is 12.8 Å². The Hall–Kier alpha value is -6.78. The second-order valence-electron chi connectivity index (χ2n) is 32.8. The molecule has 0 aromatic heterocycles. The van der Waals surface area contributed by atoms with Crippen molar-refractivity contribution in [2.45, 2.75) is 195 Å². The number of benzene rings is 7. The molecule has 5 aliphatic carbocycles. The smallest absolute Gasteiger partial charge is 0.252 e. The van der Waals surface area contributed by atoms with Crippen LogP contribution in [0.4, 0.5) is 45.5 Å². The molecule has 7 aromatic rings. The Morgan fingerprint density at radius 1 is 0.440 bits per heavy atom. The zero-order valence-corrected chi connectivity index (χ0v) is 54.2. The second-order valence-corrected chi connectivity index (χ2v) is 32.8. The maximum absolute atomic E-state index is 2.74. The van der Waals surface area contributed by atoms with Crippen molar-refractivity contribution in [2.75, 3.05) is 14.7 Å². The highest BCUT2D eigenvalue weighted by Crippen LogP contribution is 2.57. The summed E-state index contributed by atoms with van der Waals surface area (Å²) in [6.45, 7) is 46.0. The van der Waals surface area contributed by atoms with Gasteiger partial charge in [-0.05, 0) is 213 Å². The van der Waals surface area contributed by atoms with Crippen LogP contribution in [0.2, 0.25) is 0 Å². The molecule has 2 aliphatic heterocycles. The van der Waals surface area contributed by atoms with Gasteiger partial charge < -0.3 is 14.7 Å². The van der Waals surface area contributed by atoms with Gasteiger partial charge in [-0.2, -0.15) is 0 Å². The maximum atomic E-state index is 2.74. The van der Waals surface area contributed by atoms with E-state index in [2.05, 4.69) is 292 Å². The van der Waals surface area contributed by atoms with Gasteiger partial charge in [-0.1, -0.05) is 210 Å². The number of hydrogen-bond acceptors (Lipinski definition) is 3. The first kappa shape index (κ1) is 55.1. The van der Waals surface area contributed by atoms with E-state index in [1.807, 2.05) is 0 Å². The molecule has 14 rings (SSSR count). The number of hydrogen-bond donors (Lipinski definition) is 0. The first-order chi connectivity index (χ1) is 39.3. The van der Waals surface area contributed by atoms with Crippen LogP contribution in [0.5, 0.6) is 0 Å². The molecule has 1 atom stereocenters. The van der Waals surface area contributed by atoms with Crippen LogP contribution in [0.15, 0.2) is 162 Å². The van der Waals surface area contributed by atoms with Gasteiger partial charge in [0, 0.05) is 62.5 Å². The average Bonchev–Trinajstić information content (AvgIpc) is 0.931. The summed E-state index contributed by atoms with van der Waals surface area (Å²) in [5.41, 5.74) is 32.4. The molecule has 0 bridgehead atoms. The van der Waals surface area contributed by atoms with Crippen molar-refractivity contribution in [3.05, 3.63) is 207 Å². The van der Waals surface area contributed by atoms with Gasteiger partial charge in [-0.15, -0.1) is 0 Å². The Morgan fingerprint density at radius 3 is 1.57 bits per heavy atom. The van der Waals surface area contributed by atoms with Crippen molar-refractivity contribution in [3.63, 3.8) is 0 Å². The van der Waals surface area contributed by atoms with Crippen LogP contribution >= 0.6 is 0 Å².